The zero-order chi connectivity index (χ0) is 10.3. The molecule has 13 heavy (non-hydrogen) atoms. The van der Waals surface area contributed by atoms with Crippen molar-refractivity contribution in [1.82, 2.24) is 4.90 Å². The highest BCUT2D eigenvalue weighted by Gasteiger charge is 2.30. The van der Waals surface area contributed by atoms with Crippen LogP contribution >= 0.6 is 0 Å². The molecule has 1 heterocycles. The fourth-order valence-electron chi connectivity index (χ4n) is 1.20. The number of halogens is 2. The minimum atomic E-state index is -2.40. The largest absolute Gasteiger partial charge is 0.306 e. The molecule has 0 N–H and O–H groups in total. The zero-order valence-electron chi connectivity index (χ0n) is 8.95. The molecule has 0 radical (unpaired) electrons. The van der Waals surface area contributed by atoms with Crippen molar-refractivity contribution in [2.75, 3.05) is 20.1 Å². The third-order valence-electron chi connectivity index (χ3n) is 1.94. The first kappa shape index (κ1) is 12.8. The third kappa shape index (κ3) is 6.94. The summed E-state index contributed by atoms with van der Waals surface area (Å²) in [5.41, 5.74) is 0. The van der Waals surface area contributed by atoms with Gasteiger partial charge in [-0.05, 0) is 20.0 Å². The van der Waals surface area contributed by atoms with Crippen molar-refractivity contribution in [3.8, 4) is 0 Å². The smallest absolute Gasteiger partial charge is 0.249 e. The first-order valence-corrected chi connectivity index (χ1v) is 5.08. The van der Waals surface area contributed by atoms with E-state index in [0.29, 0.717) is 13.0 Å². The van der Waals surface area contributed by atoms with Crippen molar-refractivity contribution >= 4 is 0 Å². The fraction of sp³-hybridized carbons (Fsp3) is 1.00. The van der Waals surface area contributed by atoms with Gasteiger partial charge in [-0.25, -0.2) is 8.78 Å². The molecule has 80 valence electrons. The molecule has 0 spiro atoms. The molecule has 1 aliphatic rings. The first-order chi connectivity index (χ1) is 6.02. The van der Waals surface area contributed by atoms with Gasteiger partial charge in [-0.15, -0.1) is 0 Å². The summed E-state index contributed by atoms with van der Waals surface area (Å²) in [4.78, 5) is 1.96. The van der Waals surface area contributed by atoms with E-state index in [9.17, 15) is 8.78 Å². The maximum Gasteiger partial charge on any atom is 0.249 e. The van der Waals surface area contributed by atoms with Gasteiger partial charge in [0.25, 0.3) is 0 Å². The zero-order valence-corrected chi connectivity index (χ0v) is 8.95. The highest BCUT2D eigenvalue weighted by molar-refractivity contribution is 4.72. The number of alkyl halides is 2. The standard InChI is InChI=1S/C7H13F2N.C3H8/c1-10-5-2-3-7(8,9)4-6-10;1-3-2/h2-6H2,1H3;3H2,1-2H3. The summed E-state index contributed by atoms with van der Waals surface area (Å²) >= 11 is 0. The van der Waals surface area contributed by atoms with Gasteiger partial charge in [0.05, 0.1) is 0 Å². The van der Waals surface area contributed by atoms with Crippen LogP contribution in [0.25, 0.3) is 0 Å². The molecule has 1 fully saturated rings. The van der Waals surface area contributed by atoms with Crippen molar-refractivity contribution in [3.05, 3.63) is 0 Å². The van der Waals surface area contributed by atoms with Gasteiger partial charge in [0, 0.05) is 19.4 Å². The molecular weight excluding hydrogens is 172 g/mol. The van der Waals surface area contributed by atoms with Crippen molar-refractivity contribution in [3.63, 3.8) is 0 Å². The van der Waals surface area contributed by atoms with Crippen LogP contribution in [-0.2, 0) is 0 Å². The van der Waals surface area contributed by atoms with Crippen LogP contribution < -0.4 is 0 Å². The molecule has 0 saturated carbocycles. The van der Waals surface area contributed by atoms with Gasteiger partial charge in [-0.3, -0.25) is 0 Å². The van der Waals surface area contributed by atoms with Gasteiger partial charge in [-0.1, -0.05) is 20.3 Å². The van der Waals surface area contributed by atoms with Gasteiger partial charge < -0.3 is 4.90 Å². The molecule has 1 nitrogen and oxygen atoms in total. The van der Waals surface area contributed by atoms with E-state index < -0.39 is 5.92 Å². The lowest BCUT2D eigenvalue weighted by atomic mass is 10.1. The molecule has 1 saturated heterocycles. The molecular formula is C10H21F2N. The summed E-state index contributed by atoms with van der Waals surface area (Å²) in [6.45, 7) is 5.60. The predicted octanol–water partition coefficient (Wildman–Crippen LogP) is 3.15. The first-order valence-electron chi connectivity index (χ1n) is 5.08. The minimum Gasteiger partial charge on any atom is -0.306 e. The lowest BCUT2D eigenvalue weighted by molar-refractivity contribution is -0.0125. The Morgan fingerprint density at radius 3 is 2.23 bits per heavy atom. The molecule has 0 bridgehead atoms. The summed E-state index contributed by atoms with van der Waals surface area (Å²) in [6.07, 6.45) is 1.98. The van der Waals surface area contributed by atoms with Crippen LogP contribution in [0.5, 0.6) is 0 Å². The fourth-order valence-corrected chi connectivity index (χ4v) is 1.20. The van der Waals surface area contributed by atoms with Crippen LogP contribution in [-0.4, -0.2) is 31.0 Å². The third-order valence-corrected chi connectivity index (χ3v) is 1.94. The van der Waals surface area contributed by atoms with Crippen molar-refractivity contribution in [1.29, 1.82) is 0 Å². The Bertz CT molecular complexity index is 126. The Morgan fingerprint density at radius 1 is 1.15 bits per heavy atom. The molecule has 1 rings (SSSR count). The molecule has 0 unspecified atom stereocenters. The molecule has 3 heteroatoms. The molecule has 0 aromatic rings. The van der Waals surface area contributed by atoms with Gasteiger partial charge >= 0.3 is 0 Å². The van der Waals surface area contributed by atoms with E-state index in [4.69, 9.17) is 0 Å². The highest BCUT2D eigenvalue weighted by Crippen LogP contribution is 2.26. The second kappa shape index (κ2) is 6.30. The molecule has 0 aromatic carbocycles. The average Bonchev–Trinajstić information content (AvgIpc) is 2.15. The predicted molar refractivity (Wildman–Crippen MR) is 52.3 cm³/mol. The number of rotatable bonds is 0. The average molecular weight is 193 g/mol. The Balaban J connectivity index is 0.000000424. The van der Waals surface area contributed by atoms with Crippen molar-refractivity contribution < 1.29 is 8.78 Å². The van der Waals surface area contributed by atoms with E-state index in [0.717, 1.165) is 6.54 Å². The topological polar surface area (TPSA) is 3.24 Å². The van der Waals surface area contributed by atoms with Crippen LogP contribution in [0, 0.1) is 0 Å². The normalized spacial score (nSPS) is 22.8. The van der Waals surface area contributed by atoms with Crippen molar-refractivity contribution in [2.24, 2.45) is 0 Å². The summed E-state index contributed by atoms with van der Waals surface area (Å²) < 4.78 is 25.2. The van der Waals surface area contributed by atoms with Gasteiger partial charge in [-0.2, -0.15) is 0 Å². The van der Waals surface area contributed by atoms with E-state index >= 15 is 0 Å². The molecule has 0 atom stereocenters. The summed E-state index contributed by atoms with van der Waals surface area (Å²) in [5, 5.41) is 0. The van der Waals surface area contributed by atoms with Gasteiger partial charge in [0.1, 0.15) is 0 Å². The van der Waals surface area contributed by atoms with Gasteiger partial charge in [0.15, 0.2) is 0 Å². The quantitative estimate of drug-likeness (QED) is 0.571. The summed E-state index contributed by atoms with van der Waals surface area (Å²) in [5.74, 6) is -2.40. The summed E-state index contributed by atoms with van der Waals surface area (Å²) in [7, 11) is 1.89. The minimum absolute atomic E-state index is 0.0312. The molecule has 1 aliphatic heterocycles. The second-order valence-corrected chi connectivity index (χ2v) is 3.72. The SMILES string of the molecule is CCC.CN1CCCC(F)(F)CC1. The van der Waals surface area contributed by atoms with Crippen LogP contribution in [0.3, 0.4) is 0 Å². The molecule has 0 amide bonds. The Kier molecular flexibility index (Phi) is 6.21. The lowest BCUT2D eigenvalue weighted by Gasteiger charge is -2.13. The van der Waals surface area contributed by atoms with E-state index in [1.54, 1.807) is 0 Å². The molecule has 0 aliphatic carbocycles. The Labute approximate surface area is 80.1 Å². The monoisotopic (exact) mass is 193 g/mol. The van der Waals surface area contributed by atoms with Crippen LogP contribution in [0.1, 0.15) is 39.5 Å². The Hall–Kier alpha value is -0.180. The second-order valence-electron chi connectivity index (χ2n) is 3.72. The Morgan fingerprint density at radius 2 is 1.69 bits per heavy atom. The van der Waals surface area contributed by atoms with Gasteiger partial charge in [0.2, 0.25) is 5.92 Å². The number of nitrogens with zero attached hydrogens (tertiary/aromatic N) is 1. The number of likely N-dealkylation sites (tertiary alicyclic amines) is 1. The van der Waals surface area contributed by atoms with Crippen LogP contribution in [0.4, 0.5) is 8.78 Å². The van der Waals surface area contributed by atoms with Crippen LogP contribution in [0.2, 0.25) is 0 Å². The highest BCUT2D eigenvalue weighted by atomic mass is 19.3. The number of hydrogen-bond donors (Lipinski definition) is 0. The number of hydrogen-bond acceptors (Lipinski definition) is 1. The van der Waals surface area contributed by atoms with E-state index in [1.165, 1.54) is 6.42 Å². The lowest BCUT2D eigenvalue weighted by Crippen LogP contribution is -2.21. The summed E-state index contributed by atoms with van der Waals surface area (Å²) in [6, 6.07) is 0. The van der Waals surface area contributed by atoms with Crippen LogP contribution in [0.15, 0.2) is 0 Å². The van der Waals surface area contributed by atoms with E-state index in [-0.39, 0.29) is 12.8 Å². The van der Waals surface area contributed by atoms with Crippen molar-refractivity contribution in [2.45, 2.75) is 45.5 Å². The molecule has 0 aromatic heterocycles. The maximum atomic E-state index is 12.6. The van der Waals surface area contributed by atoms with E-state index in [1.807, 2.05) is 11.9 Å². The maximum absolute atomic E-state index is 12.6. The van der Waals surface area contributed by atoms with E-state index in [2.05, 4.69) is 13.8 Å².